The fourth-order valence-electron chi connectivity index (χ4n) is 2.99. The van der Waals surface area contributed by atoms with Crippen molar-refractivity contribution in [3.63, 3.8) is 0 Å². The van der Waals surface area contributed by atoms with Crippen LogP contribution in [0.4, 0.5) is 0 Å². The summed E-state index contributed by atoms with van der Waals surface area (Å²) in [6.45, 7) is 8.64. The second kappa shape index (κ2) is 8.84. The van der Waals surface area contributed by atoms with Gasteiger partial charge in [-0.25, -0.2) is 4.98 Å². The number of benzene rings is 1. The van der Waals surface area contributed by atoms with E-state index in [0.29, 0.717) is 0 Å². The van der Waals surface area contributed by atoms with Gasteiger partial charge in [0.1, 0.15) is 5.82 Å². The minimum Gasteiger partial charge on any atom is -0.380 e. The van der Waals surface area contributed by atoms with Gasteiger partial charge in [-0.2, -0.15) is 0 Å². The molecule has 0 amide bonds. The number of nitrogens with zero attached hydrogens (tertiary/aromatic N) is 3. The summed E-state index contributed by atoms with van der Waals surface area (Å²) >= 11 is 0. The normalized spacial score (nSPS) is 16.2. The Labute approximate surface area is 166 Å². The first-order valence-electron chi connectivity index (χ1n) is 8.55. The molecule has 0 unspecified atom stereocenters. The summed E-state index contributed by atoms with van der Waals surface area (Å²) < 4.78 is 7.56. The van der Waals surface area contributed by atoms with Crippen LogP contribution >= 0.6 is 24.0 Å². The molecule has 2 N–H and O–H groups in total. The van der Waals surface area contributed by atoms with Crippen LogP contribution in [0.5, 0.6) is 0 Å². The summed E-state index contributed by atoms with van der Waals surface area (Å²) in [6, 6.07) is 8.29. The number of guanidine groups is 1. The summed E-state index contributed by atoms with van der Waals surface area (Å²) in [4.78, 5) is 8.90. The Kier molecular flexibility index (Phi) is 7.06. The van der Waals surface area contributed by atoms with Crippen LogP contribution < -0.4 is 10.6 Å². The molecule has 1 aromatic heterocycles. The van der Waals surface area contributed by atoms with E-state index in [1.165, 1.54) is 5.52 Å². The molecule has 7 heteroatoms. The summed E-state index contributed by atoms with van der Waals surface area (Å²) in [5.74, 6) is 1.92. The first kappa shape index (κ1) is 20.0. The maximum Gasteiger partial charge on any atom is 0.191 e. The van der Waals surface area contributed by atoms with Crippen molar-refractivity contribution in [3.05, 3.63) is 30.1 Å². The Morgan fingerprint density at radius 3 is 2.76 bits per heavy atom. The predicted octanol–water partition coefficient (Wildman–Crippen LogP) is 2.55. The minimum absolute atomic E-state index is 0. The van der Waals surface area contributed by atoms with E-state index in [-0.39, 0.29) is 29.4 Å². The second-order valence-electron chi connectivity index (χ2n) is 6.81. The maximum atomic E-state index is 5.28. The van der Waals surface area contributed by atoms with E-state index in [0.717, 1.165) is 56.6 Å². The summed E-state index contributed by atoms with van der Waals surface area (Å²) in [5, 5.41) is 6.77. The Balaban J connectivity index is 0.00000225. The van der Waals surface area contributed by atoms with E-state index in [4.69, 9.17) is 4.74 Å². The number of fused-ring (bicyclic) bond motifs is 1. The van der Waals surface area contributed by atoms with Gasteiger partial charge in [-0.3, -0.25) is 4.99 Å². The van der Waals surface area contributed by atoms with Crippen LogP contribution in [0.15, 0.2) is 29.3 Å². The highest BCUT2D eigenvalue weighted by Gasteiger charge is 2.33. The van der Waals surface area contributed by atoms with Crippen molar-refractivity contribution in [1.29, 1.82) is 0 Å². The van der Waals surface area contributed by atoms with E-state index in [9.17, 15) is 0 Å². The standard InChI is InChI=1S/C18H27N5O.HI/c1-14-22-15-7-4-5-8-16(15)23(14)10-6-9-20-17(19-3)21-11-18(2)12-24-13-18;/h4-5,7-8H,6,9-13H2,1-3H3,(H2,19,20,21);1H. The number of ether oxygens (including phenoxy) is 1. The number of halogens is 1. The number of para-hydroxylation sites is 2. The fourth-order valence-corrected chi connectivity index (χ4v) is 2.99. The van der Waals surface area contributed by atoms with Crippen molar-refractivity contribution in [2.75, 3.05) is 33.4 Å². The highest BCUT2D eigenvalue weighted by molar-refractivity contribution is 14.0. The zero-order valence-corrected chi connectivity index (χ0v) is 17.5. The van der Waals surface area contributed by atoms with Crippen LogP contribution in [0, 0.1) is 12.3 Å². The molecule has 2 aromatic rings. The first-order valence-corrected chi connectivity index (χ1v) is 8.55. The monoisotopic (exact) mass is 457 g/mol. The molecule has 1 fully saturated rings. The highest BCUT2D eigenvalue weighted by Crippen LogP contribution is 2.24. The topological polar surface area (TPSA) is 63.5 Å². The van der Waals surface area contributed by atoms with Gasteiger partial charge >= 0.3 is 0 Å². The predicted molar refractivity (Wildman–Crippen MR) is 113 cm³/mol. The van der Waals surface area contributed by atoms with E-state index in [1.807, 2.05) is 13.1 Å². The number of hydrogen-bond acceptors (Lipinski definition) is 3. The van der Waals surface area contributed by atoms with Crippen LogP contribution in [-0.2, 0) is 11.3 Å². The zero-order chi connectivity index (χ0) is 17.0. The lowest BCUT2D eigenvalue weighted by Gasteiger charge is -2.38. The third-order valence-electron chi connectivity index (χ3n) is 4.50. The number of aliphatic imine (C=N–C) groups is 1. The Morgan fingerprint density at radius 2 is 2.08 bits per heavy atom. The molecule has 0 atom stereocenters. The molecule has 0 radical (unpaired) electrons. The van der Waals surface area contributed by atoms with E-state index in [2.05, 4.69) is 57.2 Å². The van der Waals surface area contributed by atoms with Gasteiger partial charge in [-0.05, 0) is 25.5 Å². The molecule has 25 heavy (non-hydrogen) atoms. The van der Waals surface area contributed by atoms with Gasteiger partial charge in [0.2, 0.25) is 0 Å². The van der Waals surface area contributed by atoms with E-state index >= 15 is 0 Å². The third-order valence-corrected chi connectivity index (χ3v) is 4.50. The molecule has 6 nitrogen and oxygen atoms in total. The summed E-state index contributed by atoms with van der Waals surface area (Å²) in [7, 11) is 1.81. The van der Waals surface area contributed by atoms with Crippen molar-refractivity contribution >= 4 is 41.0 Å². The van der Waals surface area contributed by atoms with Crippen molar-refractivity contribution in [1.82, 2.24) is 20.2 Å². The summed E-state index contributed by atoms with van der Waals surface area (Å²) in [5.41, 5.74) is 2.51. The van der Waals surface area contributed by atoms with Crippen molar-refractivity contribution in [2.45, 2.75) is 26.8 Å². The smallest absolute Gasteiger partial charge is 0.191 e. The fraction of sp³-hybridized carbons (Fsp3) is 0.556. The lowest BCUT2D eigenvalue weighted by molar-refractivity contribution is -0.0971. The van der Waals surface area contributed by atoms with E-state index < -0.39 is 0 Å². The van der Waals surface area contributed by atoms with Gasteiger partial charge in [0.05, 0.1) is 24.2 Å². The van der Waals surface area contributed by atoms with Gasteiger partial charge in [0.25, 0.3) is 0 Å². The number of aryl methyl sites for hydroxylation is 2. The van der Waals surface area contributed by atoms with Gasteiger partial charge in [0.15, 0.2) is 5.96 Å². The van der Waals surface area contributed by atoms with Crippen LogP contribution in [-0.4, -0.2) is 48.9 Å². The van der Waals surface area contributed by atoms with E-state index in [1.54, 1.807) is 0 Å². The number of hydrogen-bond donors (Lipinski definition) is 2. The lowest BCUT2D eigenvalue weighted by Crippen LogP contribution is -2.51. The Bertz CT molecular complexity index is 723. The minimum atomic E-state index is 0. The van der Waals surface area contributed by atoms with Gasteiger partial charge < -0.3 is 19.9 Å². The number of aromatic nitrogens is 2. The molecule has 0 bridgehead atoms. The zero-order valence-electron chi connectivity index (χ0n) is 15.2. The molecule has 1 saturated heterocycles. The Hall–Kier alpha value is -1.35. The number of nitrogens with one attached hydrogen (secondary N) is 2. The van der Waals surface area contributed by atoms with Crippen LogP contribution in [0.2, 0.25) is 0 Å². The van der Waals surface area contributed by atoms with Crippen LogP contribution in [0.25, 0.3) is 11.0 Å². The average molecular weight is 457 g/mol. The molecular formula is C18H28IN5O. The lowest BCUT2D eigenvalue weighted by atomic mass is 9.89. The molecule has 1 aromatic carbocycles. The highest BCUT2D eigenvalue weighted by atomic mass is 127. The summed E-state index contributed by atoms with van der Waals surface area (Å²) in [6.07, 6.45) is 1.02. The first-order chi connectivity index (χ1) is 11.6. The van der Waals surface area contributed by atoms with Crippen LogP contribution in [0.1, 0.15) is 19.2 Å². The van der Waals surface area contributed by atoms with Crippen molar-refractivity contribution in [2.24, 2.45) is 10.4 Å². The molecule has 1 aliphatic rings. The second-order valence-corrected chi connectivity index (χ2v) is 6.81. The number of rotatable bonds is 6. The third kappa shape index (κ3) is 4.84. The molecule has 0 aliphatic carbocycles. The Morgan fingerprint density at radius 1 is 1.32 bits per heavy atom. The molecule has 3 rings (SSSR count). The van der Waals surface area contributed by atoms with Crippen LogP contribution in [0.3, 0.4) is 0 Å². The van der Waals surface area contributed by atoms with Gasteiger partial charge in [-0.15, -0.1) is 24.0 Å². The van der Waals surface area contributed by atoms with Crippen molar-refractivity contribution in [3.8, 4) is 0 Å². The molecule has 2 heterocycles. The molecule has 0 spiro atoms. The largest absolute Gasteiger partial charge is 0.380 e. The van der Waals surface area contributed by atoms with Crippen molar-refractivity contribution < 1.29 is 4.74 Å². The number of imidazole rings is 1. The molecule has 0 saturated carbocycles. The molecule has 138 valence electrons. The average Bonchev–Trinajstić information content (AvgIpc) is 2.88. The van der Waals surface area contributed by atoms with Gasteiger partial charge in [-0.1, -0.05) is 19.1 Å². The SMILES string of the molecule is CN=C(NCCCn1c(C)nc2ccccc21)NCC1(C)COC1.I. The molecule has 1 aliphatic heterocycles. The quantitative estimate of drug-likeness (QED) is 0.303. The molecular weight excluding hydrogens is 429 g/mol. The maximum absolute atomic E-state index is 5.28. The van der Waals surface area contributed by atoms with Gasteiger partial charge in [0, 0.05) is 32.1 Å².